The highest BCUT2D eigenvalue weighted by atomic mass is 19.4. The van der Waals surface area contributed by atoms with Gasteiger partial charge in [-0.05, 0) is 0 Å². The molecule has 30 heteroatoms. The summed E-state index contributed by atoms with van der Waals surface area (Å²) in [5.74, 6) is -32.4. The highest BCUT2D eigenvalue weighted by Crippen LogP contribution is 2.59. The lowest BCUT2D eigenvalue weighted by Gasteiger charge is -2.41. The summed E-state index contributed by atoms with van der Waals surface area (Å²) < 4.78 is 327. The van der Waals surface area contributed by atoms with Crippen molar-refractivity contribution >= 4 is 0 Å². The fourth-order valence-electron chi connectivity index (χ4n) is 1.83. The zero-order valence-electron chi connectivity index (χ0n) is 18.2. The summed E-state index contributed by atoms with van der Waals surface area (Å²) in [4.78, 5) is 0. The van der Waals surface area contributed by atoms with Gasteiger partial charge in [0.15, 0.2) is 0 Å². The second-order valence-electron chi connectivity index (χ2n) is 7.06. The molecule has 43 heavy (non-hydrogen) atoms. The third-order valence-electron chi connectivity index (χ3n) is 3.88. The van der Waals surface area contributed by atoms with E-state index in [4.69, 9.17) is 5.11 Å². The van der Waals surface area contributed by atoms with Crippen LogP contribution >= 0.6 is 0 Å². The zero-order valence-corrected chi connectivity index (χ0v) is 18.2. The lowest BCUT2D eigenvalue weighted by molar-refractivity contribution is -0.582. The van der Waals surface area contributed by atoms with Crippen LogP contribution in [0.15, 0.2) is 0 Å². The van der Waals surface area contributed by atoms with E-state index < -0.39 is 79.4 Å². The quantitative estimate of drug-likeness (QED) is 0.192. The molecule has 0 rings (SSSR count). The molecule has 0 saturated carbocycles. The topological polar surface area (TPSA) is 57.2 Å². The van der Waals surface area contributed by atoms with Crippen LogP contribution in [-0.4, -0.2) is 84.5 Å². The largest absolute Gasteiger partial charge is 0.527 e. The van der Waals surface area contributed by atoms with Crippen LogP contribution in [0.25, 0.3) is 0 Å². The van der Waals surface area contributed by atoms with Crippen molar-refractivity contribution in [2.45, 2.75) is 72.8 Å². The van der Waals surface area contributed by atoms with Crippen LogP contribution in [0.4, 0.5) is 110 Å². The molecule has 0 aromatic rings. The van der Waals surface area contributed by atoms with E-state index in [0.29, 0.717) is 0 Å². The van der Waals surface area contributed by atoms with E-state index in [2.05, 4.69) is 0 Å². The van der Waals surface area contributed by atoms with Crippen molar-refractivity contribution in [3.05, 3.63) is 0 Å². The molecule has 1 N–H and O–H groups in total. The molecule has 0 aliphatic rings. The Kier molecular flexibility index (Phi) is 10.4. The van der Waals surface area contributed by atoms with E-state index in [1.54, 1.807) is 0 Å². The maximum absolute atomic E-state index is 14.0. The van der Waals surface area contributed by atoms with Crippen molar-refractivity contribution in [3.8, 4) is 0 Å². The lowest BCUT2D eigenvalue weighted by atomic mass is 9.97. The van der Waals surface area contributed by atoms with Crippen molar-refractivity contribution in [1.29, 1.82) is 0 Å². The second-order valence-corrected chi connectivity index (χ2v) is 7.06. The van der Waals surface area contributed by atoms with Gasteiger partial charge >= 0.3 is 72.8 Å². The third-order valence-corrected chi connectivity index (χ3v) is 3.88. The highest BCUT2D eigenvalue weighted by molar-refractivity contribution is 5.07. The monoisotopic (exact) mass is 714 g/mol. The van der Waals surface area contributed by atoms with Crippen LogP contribution in [0.2, 0.25) is 0 Å². The van der Waals surface area contributed by atoms with Gasteiger partial charge in [-0.3, -0.25) is 4.74 Å². The van der Waals surface area contributed by atoms with E-state index in [1.165, 1.54) is 14.2 Å². The summed E-state index contributed by atoms with van der Waals surface area (Å²) in [6.45, 7) is -4.13. The molecular formula is C13H3F25O5. The molecule has 0 bridgehead atoms. The molecule has 0 fully saturated rings. The summed E-state index contributed by atoms with van der Waals surface area (Å²) in [5.41, 5.74) is 0. The maximum atomic E-state index is 14.0. The Morgan fingerprint density at radius 2 is 0.581 bits per heavy atom. The van der Waals surface area contributed by atoms with E-state index in [-0.39, 0.29) is 0 Å². The number of aliphatic hydroxyl groups is 1. The Morgan fingerprint density at radius 3 is 0.814 bits per heavy atom. The van der Waals surface area contributed by atoms with Gasteiger partial charge in [-0.1, -0.05) is 0 Å². The zero-order chi connectivity index (χ0) is 35.5. The number of hydrogen-bond donors (Lipinski definition) is 1. The minimum Gasteiger partial charge on any atom is -0.390 e. The predicted octanol–water partition coefficient (Wildman–Crippen LogP) is 7.26. The number of aliphatic hydroxyl groups excluding tert-OH is 1. The Morgan fingerprint density at radius 1 is 0.326 bits per heavy atom. The lowest BCUT2D eigenvalue weighted by Crippen LogP contribution is -2.70. The first-order valence-corrected chi connectivity index (χ1v) is 8.78. The van der Waals surface area contributed by atoms with Crippen LogP contribution in [0.3, 0.4) is 0 Å². The van der Waals surface area contributed by atoms with E-state index in [9.17, 15) is 110 Å². The molecule has 0 amide bonds. The Balaban J connectivity index is 6.51. The molecule has 0 aliphatic carbocycles. The fourth-order valence-corrected chi connectivity index (χ4v) is 1.83. The van der Waals surface area contributed by atoms with E-state index in [0.717, 1.165) is 4.74 Å². The molecule has 1 unspecified atom stereocenters. The fraction of sp³-hybridized carbons (Fsp3) is 1.00. The Hall–Kier alpha value is -1.95. The highest BCUT2D eigenvalue weighted by Gasteiger charge is 2.88. The van der Waals surface area contributed by atoms with Gasteiger partial charge in [0.25, 0.3) is 0 Å². The molecule has 0 aliphatic heterocycles. The minimum absolute atomic E-state index is 1.16. The molecule has 260 valence electrons. The average molecular weight is 714 g/mol. The van der Waals surface area contributed by atoms with Crippen LogP contribution in [0.1, 0.15) is 0 Å². The van der Waals surface area contributed by atoms with Crippen molar-refractivity contribution in [1.82, 2.24) is 0 Å². The van der Waals surface area contributed by atoms with Gasteiger partial charge in [0.2, 0.25) is 0 Å². The molecule has 0 aromatic carbocycles. The van der Waals surface area contributed by atoms with Gasteiger partial charge in [-0.15, -0.1) is 13.2 Å². The number of ether oxygens (including phenoxy) is 4. The van der Waals surface area contributed by atoms with E-state index in [1.807, 2.05) is 0 Å². The first-order valence-electron chi connectivity index (χ1n) is 8.78. The summed E-state index contributed by atoms with van der Waals surface area (Å²) in [6, 6.07) is 0. The first-order chi connectivity index (χ1) is 18.1. The van der Waals surface area contributed by atoms with E-state index >= 15 is 0 Å². The molecule has 0 aromatic heterocycles. The van der Waals surface area contributed by atoms with Gasteiger partial charge in [-0.25, -0.2) is 18.6 Å². The summed E-state index contributed by atoms with van der Waals surface area (Å²) >= 11 is 0. The van der Waals surface area contributed by atoms with Crippen molar-refractivity contribution in [2.24, 2.45) is 0 Å². The van der Waals surface area contributed by atoms with Crippen molar-refractivity contribution in [3.63, 3.8) is 0 Å². The van der Waals surface area contributed by atoms with Gasteiger partial charge < -0.3 is 5.11 Å². The number of hydrogen-bond acceptors (Lipinski definition) is 5. The van der Waals surface area contributed by atoms with Gasteiger partial charge in [0.05, 0.1) is 0 Å². The summed E-state index contributed by atoms with van der Waals surface area (Å²) in [5, 5.41) is 8.24. The predicted molar refractivity (Wildman–Crippen MR) is 71.9 cm³/mol. The molecule has 0 saturated heterocycles. The van der Waals surface area contributed by atoms with Gasteiger partial charge in [-0.2, -0.15) is 92.2 Å². The molecule has 5 nitrogen and oxygen atoms in total. The average Bonchev–Trinajstić information content (AvgIpc) is 2.68. The molecule has 0 spiro atoms. The minimum atomic E-state index is -8.46. The van der Waals surface area contributed by atoms with Crippen molar-refractivity contribution < 1.29 is 134 Å². The number of rotatable bonds is 14. The standard InChI is InChI=1S/C13H3F25O5/c14-2(1-39,3(15,16)4(17,18)5(19,20)6(21,22)23)40-7(24,25)8(26,27)41-9(28,29)10(30,31)42-11(32,33)12(34,35)43-13(36,37)38/h39H,1H2. The first kappa shape index (κ1) is 41.0. The molecule has 1 atom stereocenters. The van der Waals surface area contributed by atoms with Gasteiger partial charge in [0, 0.05) is 0 Å². The smallest absolute Gasteiger partial charge is 0.390 e. The van der Waals surface area contributed by atoms with Crippen LogP contribution in [0, 0.1) is 0 Å². The summed E-state index contributed by atoms with van der Waals surface area (Å²) in [7, 11) is 0. The number of halogens is 25. The maximum Gasteiger partial charge on any atom is 0.527 e. The number of alkyl halides is 25. The SMILES string of the molecule is OCC(F)(OC(F)(F)C(F)(F)OC(F)(F)C(F)(F)OC(F)(F)C(F)(F)OC(F)(F)F)C(F)(F)C(F)(F)C(F)(F)C(F)(F)F. The Labute approximate surface area is 215 Å². The molecular weight excluding hydrogens is 711 g/mol. The second kappa shape index (κ2) is 10.8. The van der Waals surface area contributed by atoms with Gasteiger partial charge in [0.1, 0.15) is 6.61 Å². The normalized spacial score (nSPS) is 17.7. The molecule has 0 heterocycles. The summed E-state index contributed by atoms with van der Waals surface area (Å²) in [6.07, 6.45) is -62.5. The third kappa shape index (κ3) is 7.48. The van der Waals surface area contributed by atoms with Crippen LogP contribution in [-0.2, 0) is 18.9 Å². The van der Waals surface area contributed by atoms with Crippen LogP contribution < -0.4 is 0 Å². The molecule has 0 radical (unpaired) electrons. The Bertz CT molecular complexity index is 968. The van der Waals surface area contributed by atoms with Crippen LogP contribution in [0.5, 0.6) is 0 Å². The van der Waals surface area contributed by atoms with Crippen molar-refractivity contribution in [2.75, 3.05) is 6.61 Å².